The van der Waals surface area contributed by atoms with Gasteiger partial charge in [-0.2, -0.15) is 0 Å². The zero-order valence-electron chi connectivity index (χ0n) is 10.6. The van der Waals surface area contributed by atoms with Crippen LogP contribution in [0.2, 0.25) is 0 Å². The molecule has 1 aliphatic carbocycles. The van der Waals surface area contributed by atoms with E-state index in [1.54, 1.807) is 18.2 Å². The predicted octanol–water partition coefficient (Wildman–Crippen LogP) is 2.62. The van der Waals surface area contributed by atoms with E-state index in [9.17, 15) is 4.79 Å². The molecule has 0 aliphatic heterocycles. The number of rotatable bonds is 4. The Hall–Kier alpha value is -1.71. The Kier molecular flexibility index (Phi) is 4.07. The van der Waals surface area contributed by atoms with E-state index in [2.05, 4.69) is 0 Å². The van der Waals surface area contributed by atoms with Gasteiger partial charge in [0.05, 0.1) is 19.4 Å². The lowest BCUT2D eigenvalue weighted by Gasteiger charge is -2.15. The molecule has 2 N–H and O–H groups in total. The Bertz CT molecular complexity index is 425. The van der Waals surface area contributed by atoms with Gasteiger partial charge in [0.15, 0.2) is 5.75 Å². The zero-order valence-corrected chi connectivity index (χ0v) is 10.6. The Morgan fingerprint density at radius 3 is 2.78 bits per heavy atom. The van der Waals surface area contributed by atoms with Gasteiger partial charge in [-0.15, -0.1) is 0 Å². The zero-order chi connectivity index (χ0) is 13.0. The van der Waals surface area contributed by atoms with E-state index in [4.69, 9.17) is 15.2 Å². The fraction of sp³-hybridized carbons (Fsp3) is 0.500. The van der Waals surface area contributed by atoms with Crippen molar-refractivity contribution in [2.24, 2.45) is 5.92 Å². The van der Waals surface area contributed by atoms with Gasteiger partial charge in [-0.1, -0.05) is 18.9 Å². The monoisotopic (exact) mass is 249 g/mol. The van der Waals surface area contributed by atoms with Gasteiger partial charge in [0.25, 0.3) is 0 Å². The maximum Gasteiger partial charge on any atom is 0.341 e. The number of nitrogen functional groups attached to an aromatic ring is 1. The molecule has 0 spiro atoms. The normalized spacial score (nSPS) is 15.6. The molecule has 1 aliphatic rings. The molecule has 0 unspecified atom stereocenters. The summed E-state index contributed by atoms with van der Waals surface area (Å²) in [4.78, 5) is 11.6. The average molecular weight is 249 g/mol. The molecule has 1 saturated carbocycles. The Labute approximate surface area is 107 Å². The van der Waals surface area contributed by atoms with E-state index < -0.39 is 5.97 Å². The van der Waals surface area contributed by atoms with E-state index >= 15 is 0 Å². The fourth-order valence-electron chi connectivity index (χ4n) is 2.36. The smallest absolute Gasteiger partial charge is 0.341 e. The van der Waals surface area contributed by atoms with Crippen LogP contribution in [0, 0.1) is 5.92 Å². The van der Waals surface area contributed by atoms with Crippen LogP contribution in [0.4, 0.5) is 5.69 Å². The number of ether oxygens (including phenoxy) is 2. The molecular weight excluding hydrogens is 230 g/mol. The molecule has 4 nitrogen and oxygen atoms in total. The molecule has 2 rings (SSSR count). The maximum absolute atomic E-state index is 11.6. The quantitative estimate of drug-likeness (QED) is 0.658. The maximum atomic E-state index is 11.6. The molecule has 0 heterocycles. The molecule has 0 aromatic heterocycles. The summed E-state index contributed by atoms with van der Waals surface area (Å²) in [6.45, 7) is 0.623. The van der Waals surface area contributed by atoms with E-state index in [1.165, 1.54) is 32.8 Å². The summed E-state index contributed by atoms with van der Waals surface area (Å²) in [5, 5.41) is 0. The molecule has 0 atom stereocenters. The van der Waals surface area contributed by atoms with Crippen LogP contribution in [-0.2, 0) is 4.74 Å². The molecule has 1 aromatic rings. The van der Waals surface area contributed by atoms with Gasteiger partial charge in [0.1, 0.15) is 5.56 Å². The number of methoxy groups -OCH3 is 1. The van der Waals surface area contributed by atoms with E-state index in [1.807, 2.05) is 0 Å². The molecular formula is C14H19NO3. The molecule has 0 radical (unpaired) electrons. The van der Waals surface area contributed by atoms with Crippen molar-refractivity contribution in [2.75, 3.05) is 19.5 Å². The van der Waals surface area contributed by atoms with Crippen molar-refractivity contribution in [3.05, 3.63) is 23.8 Å². The van der Waals surface area contributed by atoms with Crippen LogP contribution in [0.1, 0.15) is 36.0 Å². The van der Waals surface area contributed by atoms with Crippen molar-refractivity contribution in [2.45, 2.75) is 25.7 Å². The number of benzene rings is 1. The Morgan fingerprint density at radius 2 is 2.11 bits per heavy atom. The largest absolute Gasteiger partial charge is 0.490 e. The third-order valence-electron chi connectivity index (χ3n) is 3.39. The minimum Gasteiger partial charge on any atom is -0.490 e. The number of hydrogen-bond acceptors (Lipinski definition) is 4. The first-order valence-electron chi connectivity index (χ1n) is 6.32. The number of carbonyl (C=O) groups is 1. The highest BCUT2D eigenvalue weighted by molar-refractivity contribution is 5.94. The van der Waals surface area contributed by atoms with Crippen LogP contribution >= 0.6 is 0 Å². The summed E-state index contributed by atoms with van der Waals surface area (Å²) >= 11 is 0. The van der Waals surface area contributed by atoms with Crippen molar-refractivity contribution < 1.29 is 14.3 Å². The van der Waals surface area contributed by atoms with Gasteiger partial charge < -0.3 is 15.2 Å². The highest BCUT2D eigenvalue weighted by atomic mass is 16.5. The SMILES string of the molecule is COC(=O)c1cccc(N)c1OCC1CCCC1. The first kappa shape index (κ1) is 12.7. The molecule has 18 heavy (non-hydrogen) atoms. The standard InChI is InChI=1S/C14H19NO3/c1-17-14(16)11-7-4-8-12(15)13(11)18-9-10-5-2-3-6-10/h4,7-8,10H,2-3,5-6,9,15H2,1H3. The summed E-state index contributed by atoms with van der Waals surface area (Å²) in [5.41, 5.74) is 6.75. The minimum atomic E-state index is -0.413. The van der Waals surface area contributed by atoms with Gasteiger partial charge in [0, 0.05) is 0 Å². The summed E-state index contributed by atoms with van der Waals surface area (Å²) in [7, 11) is 1.35. The minimum absolute atomic E-state index is 0.399. The van der Waals surface area contributed by atoms with Crippen molar-refractivity contribution in [1.29, 1.82) is 0 Å². The van der Waals surface area contributed by atoms with Crippen LogP contribution in [0.25, 0.3) is 0 Å². The third-order valence-corrected chi connectivity index (χ3v) is 3.39. The molecule has 1 aromatic carbocycles. The molecule has 0 saturated heterocycles. The van der Waals surface area contributed by atoms with Crippen molar-refractivity contribution in [1.82, 2.24) is 0 Å². The van der Waals surface area contributed by atoms with Gasteiger partial charge in [-0.25, -0.2) is 4.79 Å². The number of hydrogen-bond donors (Lipinski definition) is 1. The Balaban J connectivity index is 2.11. The van der Waals surface area contributed by atoms with Crippen LogP contribution in [0.3, 0.4) is 0 Å². The Morgan fingerprint density at radius 1 is 1.39 bits per heavy atom. The van der Waals surface area contributed by atoms with Gasteiger partial charge in [-0.05, 0) is 30.9 Å². The topological polar surface area (TPSA) is 61.5 Å². The van der Waals surface area contributed by atoms with Crippen LogP contribution < -0.4 is 10.5 Å². The summed E-state index contributed by atoms with van der Waals surface area (Å²) in [5.74, 6) is 0.620. The van der Waals surface area contributed by atoms with Crippen molar-refractivity contribution in [3.63, 3.8) is 0 Å². The van der Waals surface area contributed by atoms with Gasteiger partial charge in [-0.3, -0.25) is 0 Å². The fourth-order valence-corrected chi connectivity index (χ4v) is 2.36. The van der Waals surface area contributed by atoms with Gasteiger partial charge in [0.2, 0.25) is 0 Å². The lowest BCUT2D eigenvalue weighted by Crippen LogP contribution is -2.13. The van der Waals surface area contributed by atoms with E-state index in [-0.39, 0.29) is 0 Å². The number of anilines is 1. The molecule has 98 valence electrons. The van der Waals surface area contributed by atoms with Crippen LogP contribution in [-0.4, -0.2) is 19.7 Å². The number of esters is 1. The number of carbonyl (C=O) groups excluding carboxylic acids is 1. The number of para-hydroxylation sites is 1. The molecule has 4 heteroatoms. The highest BCUT2D eigenvalue weighted by Gasteiger charge is 2.19. The first-order valence-corrected chi connectivity index (χ1v) is 6.32. The predicted molar refractivity (Wildman–Crippen MR) is 69.6 cm³/mol. The second-order valence-electron chi connectivity index (χ2n) is 4.68. The third kappa shape index (κ3) is 2.75. The van der Waals surface area contributed by atoms with Gasteiger partial charge >= 0.3 is 5.97 Å². The summed E-state index contributed by atoms with van der Waals surface area (Å²) in [6, 6.07) is 5.13. The highest BCUT2D eigenvalue weighted by Crippen LogP contribution is 2.30. The summed E-state index contributed by atoms with van der Waals surface area (Å²) < 4.78 is 10.5. The van der Waals surface area contributed by atoms with E-state index in [0.717, 1.165) is 0 Å². The van der Waals surface area contributed by atoms with Crippen LogP contribution in [0.5, 0.6) is 5.75 Å². The average Bonchev–Trinajstić information content (AvgIpc) is 2.89. The lowest BCUT2D eigenvalue weighted by atomic mass is 10.1. The summed E-state index contributed by atoms with van der Waals surface area (Å²) in [6.07, 6.45) is 4.92. The lowest BCUT2D eigenvalue weighted by molar-refractivity contribution is 0.0595. The second-order valence-corrected chi connectivity index (χ2v) is 4.68. The van der Waals surface area contributed by atoms with E-state index in [0.29, 0.717) is 29.5 Å². The molecule has 0 amide bonds. The second kappa shape index (κ2) is 5.76. The van der Waals surface area contributed by atoms with Crippen molar-refractivity contribution >= 4 is 11.7 Å². The van der Waals surface area contributed by atoms with Crippen molar-refractivity contribution in [3.8, 4) is 5.75 Å². The molecule has 0 bridgehead atoms. The molecule has 1 fully saturated rings. The van der Waals surface area contributed by atoms with Crippen LogP contribution in [0.15, 0.2) is 18.2 Å². The first-order chi connectivity index (χ1) is 8.72. The number of nitrogens with two attached hydrogens (primary N) is 1.